The van der Waals surface area contributed by atoms with E-state index in [9.17, 15) is 13.5 Å². The van der Waals surface area contributed by atoms with Gasteiger partial charge in [-0.2, -0.15) is 0 Å². The number of nitrogens with zero attached hydrogens (tertiary/aromatic N) is 2. The maximum absolute atomic E-state index is 13.3. The number of anilines is 3. The molecular formula is C29H33N5O3S. The zero-order valence-corrected chi connectivity index (χ0v) is 22.3. The van der Waals surface area contributed by atoms with Crippen molar-refractivity contribution in [2.75, 3.05) is 17.1 Å². The molecule has 3 aromatic carbocycles. The van der Waals surface area contributed by atoms with Crippen LogP contribution < -0.4 is 15.4 Å². The Morgan fingerprint density at radius 1 is 0.895 bits per heavy atom. The standard InChI is InChI=1S/C29H33N5O3S/c1-30-19-21-11-15-24(16-12-21)38(36,37)34-29-28(31-25-9-5-6-10-26(25)32-29)33-27-18-23(35)14-13-22(27)17-20-7-3-2-4-8-20/h5-6,9-16,18,20,30,35H,2-4,7-8,17,19H2,1H3,(H,31,33)(H,32,34). The first-order valence-electron chi connectivity index (χ1n) is 13.0. The number of hydrogen-bond acceptors (Lipinski definition) is 7. The van der Waals surface area contributed by atoms with Gasteiger partial charge in [0.15, 0.2) is 11.6 Å². The maximum atomic E-state index is 13.3. The molecule has 5 rings (SSSR count). The number of nitrogens with one attached hydrogen (secondary N) is 3. The van der Waals surface area contributed by atoms with E-state index in [0.29, 0.717) is 29.2 Å². The molecule has 38 heavy (non-hydrogen) atoms. The fourth-order valence-corrected chi connectivity index (χ4v) is 6.03. The van der Waals surface area contributed by atoms with Crippen LogP contribution in [-0.2, 0) is 23.0 Å². The first kappa shape index (κ1) is 25.9. The van der Waals surface area contributed by atoms with Crippen molar-refractivity contribution in [3.8, 4) is 5.75 Å². The third-order valence-electron chi connectivity index (χ3n) is 7.00. The highest BCUT2D eigenvalue weighted by molar-refractivity contribution is 7.92. The number of benzene rings is 3. The van der Waals surface area contributed by atoms with Gasteiger partial charge in [0.25, 0.3) is 10.0 Å². The highest BCUT2D eigenvalue weighted by Crippen LogP contribution is 2.34. The number of aromatic nitrogens is 2. The summed E-state index contributed by atoms with van der Waals surface area (Å²) in [4.78, 5) is 9.46. The Labute approximate surface area is 223 Å². The van der Waals surface area contributed by atoms with Crippen LogP contribution in [-0.4, -0.2) is 30.5 Å². The second kappa shape index (κ2) is 11.4. The predicted molar refractivity (Wildman–Crippen MR) is 151 cm³/mol. The molecule has 1 aliphatic rings. The SMILES string of the molecule is CNCc1ccc(S(=O)(=O)Nc2nc3ccccc3nc2Nc2cc(O)ccc2CC2CCCCC2)cc1. The summed E-state index contributed by atoms with van der Waals surface area (Å²) in [5.74, 6) is 1.07. The summed E-state index contributed by atoms with van der Waals surface area (Å²) in [6.45, 7) is 0.644. The Balaban J connectivity index is 1.50. The van der Waals surface area contributed by atoms with Gasteiger partial charge in [-0.15, -0.1) is 0 Å². The van der Waals surface area contributed by atoms with Gasteiger partial charge < -0.3 is 15.7 Å². The topological polar surface area (TPSA) is 116 Å². The summed E-state index contributed by atoms with van der Waals surface area (Å²) in [7, 11) is -2.09. The average molecular weight is 532 g/mol. The van der Waals surface area contributed by atoms with E-state index in [-0.39, 0.29) is 22.3 Å². The van der Waals surface area contributed by atoms with Crippen LogP contribution in [0.3, 0.4) is 0 Å². The predicted octanol–water partition coefficient (Wildman–Crippen LogP) is 5.72. The van der Waals surface area contributed by atoms with Gasteiger partial charge in [-0.3, -0.25) is 4.72 Å². The Morgan fingerprint density at radius 2 is 1.58 bits per heavy atom. The van der Waals surface area contributed by atoms with Crippen LogP contribution in [0.25, 0.3) is 11.0 Å². The second-order valence-electron chi connectivity index (χ2n) is 9.86. The van der Waals surface area contributed by atoms with Gasteiger partial charge in [0, 0.05) is 18.3 Å². The van der Waals surface area contributed by atoms with E-state index in [4.69, 9.17) is 4.98 Å². The molecule has 1 aliphatic carbocycles. The number of aromatic hydroxyl groups is 1. The average Bonchev–Trinajstić information content (AvgIpc) is 2.91. The molecule has 1 aromatic heterocycles. The van der Waals surface area contributed by atoms with E-state index in [0.717, 1.165) is 17.5 Å². The van der Waals surface area contributed by atoms with Crippen LogP contribution >= 0.6 is 0 Å². The maximum Gasteiger partial charge on any atom is 0.263 e. The van der Waals surface area contributed by atoms with E-state index >= 15 is 0 Å². The molecule has 4 N–H and O–H groups in total. The second-order valence-corrected chi connectivity index (χ2v) is 11.5. The molecule has 0 amide bonds. The van der Waals surface area contributed by atoms with Gasteiger partial charge >= 0.3 is 0 Å². The van der Waals surface area contributed by atoms with Gasteiger partial charge in [-0.25, -0.2) is 18.4 Å². The van der Waals surface area contributed by atoms with Crippen molar-refractivity contribution in [3.05, 3.63) is 77.9 Å². The molecule has 0 unspecified atom stereocenters. The molecule has 0 atom stereocenters. The lowest BCUT2D eigenvalue weighted by atomic mass is 9.84. The normalized spacial score (nSPS) is 14.4. The first-order chi connectivity index (χ1) is 18.4. The molecule has 198 valence electrons. The molecular weight excluding hydrogens is 498 g/mol. The van der Waals surface area contributed by atoms with Crippen molar-refractivity contribution < 1.29 is 13.5 Å². The van der Waals surface area contributed by atoms with E-state index in [1.165, 1.54) is 32.1 Å². The van der Waals surface area contributed by atoms with Crippen molar-refractivity contribution in [2.24, 2.45) is 5.92 Å². The zero-order valence-electron chi connectivity index (χ0n) is 21.4. The lowest BCUT2D eigenvalue weighted by molar-refractivity contribution is 0.357. The third-order valence-corrected chi connectivity index (χ3v) is 8.35. The smallest absolute Gasteiger partial charge is 0.263 e. The van der Waals surface area contributed by atoms with Gasteiger partial charge in [0.2, 0.25) is 0 Å². The number of hydrogen-bond donors (Lipinski definition) is 4. The number of phenolic OH excluding ortho intramolecular Hbond substituents is 1. The van der Waals surface area contributed by atoms with Gasteiger partial charge in [0.05, 0.1) is 15.9 Å². The summed E-state index contributed by atoms with van der Waals surface area (Å²) in [6.07, 6.45) is 7.02. The Kier molecular flexibility index (Phi) is 7.76. The quantitative estimate of drug-likeness (QED) is 0.218. The molecule has 0 bridgehead atoms. The lowest BCUT2D eigenvalue weighted by Gasteiger charge is -2.23. The molecule has 0 aliphatic heterocycles. The number of para-hydroxylation sites is 2. The van der Waals surface area contributed by atoms with E-state index in [1.807, 2.05) is 31.3 Å². The van der Waals surface area contributed by atoms with Crippen LogP contribution in [0.15, 0.2) is 71.6 Å². The fourth-order valence-electron chi connectivity index (χ4n) is 5.02. The van der Waals surface area contributed by atoms with Crippen LogP contribution in [0.1, 0.15) is 43.2 Å². The minimum absolute atomic E-state index is 0.0926. The molecule has 1 fully saturated rings. The highest BCUT2D eigenvalue weighted by atomic mass is 32.2. The molecule has 8 nitrogen and oxygen atoms in total. The van der Waals surface area contributed by atoms with Crippen molar-refractivity contribution in [1.82, 2.24) is 15.3 Å². The zero-order chi connectivity index (χ0) is 26.5. The summed E-state index contributed by atoms with van der Waals surface area (Å²) in [6, 6.07) is 19.3. The largest absolute Gasteiger partial charge is 0.508 e. The molecule has 0 radical (unpaired) electrons. The van der Waals surface area contributed by atoms with E-state index in [2.05, 4.69) is 20.3 Å². The van der Waals surface area contributed by atoms with E-state index < -0.39 is 10.0 Å². The highest BCUT2D eigenvalue weighted by Gasteiger charge is 2.21. The summed E-state index contributed by atoms with van der Waals surface area (Å²) in [5.41, 5.74) is 3.92. The van der Waals surface area contributed by atoms with E-state index in [1.54, 1.807) is 42.5 Å². The van der Waals surface area contributed by atoms with Crippen molar-refractivity contribution in [3.63, 3.8) is 0 Å². The number of sulfonamides is 1. The number of rotatable bonds is 9. The fraction of sp³-hybridized carbons (Fsp3) is 0.310. The summed E-state index contributed by atoms with van der Waals surface area (Å²) >= 11 is 0. The minimum atomic E-state index is -3.93. The van der Waals surface area contributed by atoms with Crippen LogP contribution in [0.5, 0.6) is 5.75 Å². The van der Waals surface area contributed by atoms with Crippen molar-refractivity contribution in [1.29, 1.82) is 0 Å². The summed E-state index contributed by atoms with van der Waals surface area (Å²) in [5, 5.41) is 16.6. The van der Waals surface area contributed by atoms with Crippen molar-refractivity contribution in [2.45, 2.75) is 50.0 Å². The lowest BCUT2D eigenvalue weighted by Crippen LogP contribution is -2.16. The molecule has 0 saturated heterocycles. The Morgan fingerprint density at radius 3 is 2.26 bits per heavy atom. The summed E-state index contributed by atoms with van der Waals surface area (Å²) < 4.78 is 29.3. The molecule has 9 heteroatoms. The van der Waals surface area contributed by atoms with Crippen LogP contribution in [0.2, 0.25) is 0 Å². The van der Waals surface area contributed by atoms with Crippen LogP contribution in [0, 0.1) is 5.92 Å². The van der Waals surface area contributed by atoms with Gasteiger partial charge in [0.1, 0.15) is 5.75 Å². The number of phenols is 1. The molecule has 0 spiro atoms. The van der Waals surface area contributed by atoms with Crippen LogP contribution in [0.4, 0.5) is 17.3 Å². The first-order valence-corrected chi connectivity index (χ1v) is 14.5. The molecule has 1 saturated carbocycles. The molecule has 4 aromatic rings. The minimum Gasteiger partial charge on any atom is -0.508 e. The monoisotopic (exact) mass is 531 g/mol. The van der Waals surface area contributed by atoms with Gasteiger partial charge in [-0.05, 0) is 60.8 Å². The molecule has 1 heterocycles. The Hall–Kier alpha value is -3.69. The van der Waals surface area contributed by atoms with Crippen molar-refractivity contribution >= 4 is 38.4 Å². The number of fused-ring (bicyclic) bond motifs is 1. The van der Waals surface area contributed by atoms with Gasteiger partial charge in [-0.1, -0.05) is 62.4 Å². The Bertz CT molecular complexity index is 1520. The third kappa shape index (κ3) is 6.06.